The first kappa shape index (κ1) is 65.1. The van der Waals surface area contributed by atoms with Gasteiger partial charge >= 0.3 is 0 Å². The fraction of sp³-hybridized carbons (Fsp3) is 1.00. The molecule has 4 nitrogen and oxygen atoms in total. The van der Waals surface area contributed by atoms with E-state index in [9.17, 15) is 0 Å². The molecule has 14 fully saturated rings. The molecular weight excluding hydrogens is 1060 g/mol. The third kappa shape index (κ3) is 14.9. The summed E-state index contributed by atoms with van der Waals surface area (Å²) in [4.78, 5) is 13.4. The highest BCUT2D eigenvalue weighted by atomic mass is 15.3. The van der Waals surface area contributed by atoms with Gasteiger partial charge in [-0.05, 0) is 403 Å². The zero-order valence-corrected chi connectivity index (χ0v) is 59.3. The maximum atomic E-state index is 3.47. The summed E-state index contributed by atoms with van der Waals surface area (Å²) in [6.45, 7) is 15.3. The second-order valence-electron chi connectivity index (χ2n) is 37.9. The highest BCUT2D eigenvalue weighted by Gasteiger charge is 2.53. The van der Waals surface area contributed by atoms with Gasteiger partial charge in [-0.25, -0.2) is 0 Å². The van der Waals surface area contributed by atoms with Gasteiger partial charge in [0.2, 0.25) is 0 Å². The van der Waals surface area contributed by atoms with E-state index in [0.29, 0.717) is 0 Å². The maximum Gasteiger partial charge on any atom is 0.0133 e. The lowest BCUT2D eigenvalue weighted by Gasteiger charge is -2.59. The van der Waals surface area contributed by atoms with Gasteiger partial charge in [0.05, 0.1) is 0 Å². The first-order valence-corrected chi connectivity index (χ1v) is 42.1. The summed E-state index contributed by atoms with van der Waals surface area (Å²) in [6, 6.07) is 10.7. The molecule has 14 aliphatic rings. The topological polar surface area (TPSA) is 13.0 Å². The fourth-order valence-electron chi connectivity index (χ4n) is 26.8. The molecule has 0 radical (unpaired) electrons. The lowest BCUT2D eigenvalue weighted by atomic mass is 9.58. The van der Waals surface area contributed by atoms with Gasteiger partial charge in [0, 0.05) is 72.5 Å². The quantitative estimate of drug-likeness (QED) is 0.153. The van der Waals surface area contributed by atoms with Crippen molar-refractivity contribution < 1.29 is 0 Å². The van der Waals surface area contributed by atoms with Crippen LogP contribution < -0.4 is 0 Å². The molecule has 88 heavy (non-hydrogen) atoms. The largest absolute Gasteiger partial charge is 0.294 e. The van der Waals surface area contributed by atoms with E-state index in [1.54, 1.807) is 128 Å². The molecule has 0 aromatic carbocycles. The second kappa shape index (κ2) is 30.1. The Kier molecular flexibility index (Phi) is 22.3. The van der Waals surface area contributed by atoms with Crippen LogP contribution >= 0.6 is 0 Å². The average molecular weight is 1210 g/mol. The second-order valence-corrected chi connectivity index (χ2v) is 37.9. The van der Waals surface area contributed by atoms with Crippen molar-refractivity contribution in [1.29, 1.82) is 0 Å². The number of hydrogen-bond donors (Lipinski definition) is 0. The van der Waals surface area contributed by atoms with Crippen molar-refractivity contribution in [2.75, 3.05) is 0 Å². The Morgan fingerprint density at radius 3 is 0.523 bits per heavy atom. The summed E-state index contributed by atoms with van der Waals surface area (Å²) in [6.07, 6.45) is 76.6. The van der Waals surface area contributed by atoms with E-state index >= 15 is 0 Å². The van der Waals surface area contributed by atoms with Crippen molar-refractivity contribution >= 4 is 0 Å². The smallest absolute Gasteiger partial charge is 0.0133 e. The van der Waals surface area contributed by atoms with Gasteiger partial charge < -0.3 is 0 Å². The zero-order valence-electron chi connectivity index (χ0n) is 59.3. The molecule has 0 bridgehead atoms. The van der Waals surface area contributed by atoms with E-state index in [-0.39, 0.29) is 0 Å². The molecule has 14 rings (SSSR count). The Labute approximate surface area is 546 Å². The van der Waals surface area contributed by atoms with Crippen LogP contribution in [0.25, 0.3) is 0 Å². The first-order valence-electron chi connectivity index (χ1n) is 42.1. The van der Waals surface area contributed by atoms with Gasteiger partial charge in [-0.15, -0.1) is 0 Å². The third-order valence-electron chi connectivity index (χ3n) is 32.6. The van der Waals surface area contributed by atoms with Gasteiger partial charge in [-0.1, -0.05) is 54.4 Å². The molecule has 0 aromatic rings. The summed E-state index contributed by atoms with van der Waals surface area (Å²) >= 11 is 0. The van der Waals surface area contributed by atoms with Gasteiger partial charge in [-0.3, -0.25) is 19.6 Å². The lowest BCUT2D eigenvalue weighted by Crippen LogP contribution is -2.63. The standard InChI is InChI=1S/C84H146N4/c1-57-11-31-71(32-12-57)85(72-33-13-58(2)14-34-72)75-43-23-63(24-44-75)67-53-69(54-67)65-27-47-79(48-28-65)87(77-39-19-61(5)20-40-77)83-51-52-84(82-10-8-7-9-81(82)83)88(78-41-21-62(6)22-42-78)80-49-29-66(30-50-80)70-55-68(56-70)64-25-45-76(46-26-64)86(73-35-15-59(3)16-36-73)74-37-17-60(4)18-38-74/h57-84H,7-56H2,1-6H3. The molecule has 4 atom stereocenters. The Hall–Kier alpha value is -0.160. The zero-order chi connectivity index (χ0) is 59.8. The molecule has 0 aromatic heterocycles. The molecule has 0 N–H and O–H groups in total. The first-order chi connectivity index (χ1) is 43.0. The summed E-state index contributed by atoms with van der Waals surface area (Å²) in [7, 11) is 0. The van der Waals surface area contributed by atoms with E-state index in [0.717, 1.165) is 167 Å². The van der Waals surface area contributed by atoms with E-state index in [1.807, 2.05) is 0 Å². The molecule has 0 aliphatic heterocycles. The minimum absolute atomic E-state index is 0.882. The monoisotopic (exact) mass is 1210 g/mol. The van der Waals surface area contributed by atoms with Crippen LogP contribution in [0.5, 0.6) is 0 Å². The summed E-state index contributed by atoms with van der Waals surface area (Å²) in [5.41, 5.74) is 0. The van der Waals surface area contributed by atoms with E-state index in [1.165, 1.54) is 193 Å². The fourth-order valence-corrected chi connectivity index (χ4v) is 26.8. The molecule has 14 aliphatic carbocycles. The normalized spacial score (nSPS) is 49.4. The SMILES string of the molecule is CC1CCC(N(C2CCC(C)CC2)C2CCC(C3CC(C4CCC(N(C5CCC(C)CC5)C5CCC(N(C6CCC(C)CC6)C6CCC(C7CC(C8CCC(N(C9CCC(C)CC9)C9CCC(C)CC9)CC8)C7)CC6)C6CCCCC65)CC4)C3)CC2)CC1. The molecule has 0 heterocycles. The van der Waals surface area contributed by atoms with Gasteiger partial charge in [-0.2, -0.15) is 0 Å². The van der Waals surface area contributed by atoms with E-state index in [4.69, 9.17) is 0 Å². The van der Waals surface area contributed by atoms with Crippen molar-refractivity contribution in [1.82, 2.24) is 19.6 Å². The Bertz CT molecular complexity index is 1840. The van der Waals surface area contributed by atoms with Crippen LogP contribution in [0, 0.1) is 94.7 Å². The van der Waals surface area contributed by atoms with Crippen LogP contribution in [0.2, 0.25) is 0 Å². The summed E-state index contributed by atoms with van der Waals surface area (Å²) < 4.78 is 0. The number of nitrogens with zero attached hydrogens (tertiary/aromatic N) is 4. The van der Waals surface area contributed by atoms with Crippen molar-refractivity contribution in [3.63, 3.8) is 0 Å². The number of rotatable bonds is 16. The Morgan fingerprint density at radius 2 is 0.330 bits per heavy atom. The van der Waals surface area contributed by atoms with Crippen LogP contribution in [-0.2, 0) is 0 Å². The van der Waals surface area contributed by atoms with Crippen LogP contribution in [0.4, 0.5) is 0 Å². The van der Waals surface area contributed by atoms with E-state index in [2.05, 4.69) is 61.1 Å². The molecule has 14 saturated carbocycles. The van der Waals surface area contributed by atoms with Gasteiger partial charge in [0.1, 0.15) is 0 Å². The highest BCUT2D eigenvalue weighted by Crippen LogP contribution is 2.56. The molecule has 0 amide bonds. The summed E-state index contributed by atoms with van der Waals surface area (Å²) in [5, 5.41) is 0. The predicted molar refractivity (Wildman–Crippen MR) is 374 cm³/mol. The van der Waals surface area contributed by atoms with Crippen molar-refractivity contribution in [3.8, 4) is 0 Å². The number of hydrogen-bond acceptors (Lipinski definition) is 4. The van der Waals surface area contributed by atoms with Crippen molar-refractivity contribution in [2.24, 2.45) is 94.7 Å². The number of fused-ring (bicyclic) bond motifs is 1. The lowest BCUT2D eigenvalue weighted by molar-refractivity contribution is -0.0931. The molecular formula is C84H146N4. The van der Waals surface area contributed by atoms with Crippen LogP contribution in [0.1, 0.15) is 363 Å². The molecule has 4 unspecified atom stereocenters. The third-order valence-corrected chi connectivity index (χ3v) is 32.6. The molecule has 4 heteroatoms. The molecule has 502 valence electrons. The van der Waals surface area contributed by atoms with Gasteiger partial charge in [0.15, 0.2) is 0 Å². The minimum atomic E-state index is 0.882. The Balaban J connectivity index is 0.575. The molecule has 0 saturated heterocycles. The highest BCUT2D eigenvalue weighted by molar-refractivity contribution is 5.06. The minimum Gasteiger partial charge on any atom is -0.294 e. The van der Waals surface area contributed by atoms with Crippen molar-refractivity contribution in [3.05, 3.63) is 0 Å². The van der Waals surface area contributed by atoms with Crippen molar-refractivity contribution in [2.45, 2.75) is 435 Å². The van der Waals surface area contributed by atoms with Crippen LogP contribution in [0.3, 0.4) is 0 Å². The van der Waals surface area contributed by atoms with Crippen LogP contribution in [-0.4, -0.2) is 92.1 Å². The van der Waals surface area contributed by atoms with E-state index < -0.39 is 0 Å². The maximum absolute atomic E-state index is 3.47. The van der Waals surface area contributed by atoms with Gasteiger partial charge in [0.25, 0.3) is 0 Å². The Morgan fingerprint density at radius 1 is 0.159 bits per heavy atom. The van der Waals surface area contributed by atoms with Crippen LogP contribution in [0.15, 0.2) is 0 Å². The molecule has 0 spiro atoms. The predicted octanol–water partition coefficient (Wildman–Crippen LogP) is 22.3. The summed E-state index contributed by atoms with van der Waals surface area (Å²) in [5.74, 6) is 16.2. The average Bonchev–Trinajstić information content (AvgIpc) is 1.64.